The van der Waals surface area contributed by atoms with Crippen LogP contribution in [0.15, 0.2) is 22.5 Å². The van der Waals surface area contributed by atoms with Gasteiger partial charge in [0.25, 0.3) is 0 Å². The summed E-state index contributed by atoms with van der Waals surface area (Å²) >= 11 is 1.13. The molecule has 0 amide bonds. The first kappa shape index (κ1) is 17.4. The van der Waals surface area contributed by atoms with Crippen LogP contribution in [0, 0.1) is 0 Å². The second-order valence-electron chi connectivity index (χ2n) is 6.24. The molecule has 132 valence electrons. The monoisotopic (exact) mass is 361 g/mol. The van der Waals surface area contributed by atoms with Crippen LogP contribution in [0.2, 0.25) is 0 Å². The molecular formula is C16H18F3NO3S. The number of hydrogen-bond acceptors (Lipinski definition) is 5. The highest BCUT2D eigenvalue weighted by Crippen LogP contribution is 2.42. The lowest BCUT2D eigenvalue weighted by Crippen LogP contribution is -2.49. The summed E-state index contributed by atoms with van der Waals surface area (Å²) in [6.45, 7) is 0. The van der Waals surface area contributed by atoms with Gasteiger partial charge in [-0.05, 0) is 24.3 Å². The number of aliphatic hydroxyl groups is 1. The lowest BCUT2D eigenvalue weighted by atomic mass is 9.94. The molecule has 1 aliphatic heterocycles. The highest BCUT2D eigenvalue weighted by atomic mass is 32.1. The zero-order valence-electron chi connectivity index (χ0n) is 12.9. The molecule has 3 rings (SSSR count). The van der Waals surface area contributed by atoms with Gasteiger partial charge in [0.05, 0.1) is 10.9 Å². The van der Waals surface area contributed by atoms with E-state index in [0.29, 0.717) is 17.7 Å². The number of aliphatic imine (C=N–C) groups is 1. The molecule has 1 aromatic rings. The Morgan fingerprint density at radius 3 is 2.62 bits per heavy atom. The Balaban J connectivity index is 1.87. The highest BCUT2D eigenvalue weighted by Gasteiger charge is 2.65. The van der Waals surface area contributed by atoms with Crippen molar-refractivity contribution < 1.29 is 27.8 Å². The van der Waals surface area contributed by atoms with E-state index in [1.165, 1.54) is 6.07 Å². The average molecular weight is 361 g/mol. The van der Waals surface area contributed by atoms with E-state index in [0.717, 1.165) is 30.6 Å². The van der Waals surface area contributed by atoms with Crippen molar-refractivity contribution in [1.82, 2.24) is 0 Å². The van der Waals surface area contributed by atoms with Crippen molar-refractivity contribution in [2.24, 2.45) is 4.99 Å². The maximum Gasteiger partial charge on any atom is 0.426 e. The molecule has 2 atom stereocenters. The van der Waals surface area contributed by atoms with Gasteiger partial charge < -0.3 is 9.84 Å². The van der Waals surface area contributed by atoms with Crippen molar-refractivity contribution in [3.8, 4) is 0 Å². The van der Waals surface area contributed by atoms with Gasteiger partial charge in [0.15, 0.2) is 6.10 Å². The SMILES string of the molecule is O=C(c1cccs1)C1CC(O)(C(F)(F)F)C(=NC2CCCCC2)O1. The maximum absolute atomic E-state index is 13.4. The Labute approximate surface area is 141 Å². The fourth-order valence-electron chi connectivity index (χ4n) is 3.10. The first-order valence-electron chi connectivity index (χ1n) is 7.93. The molecule has 24 heavy (non-hydrogen) atoms. The van der Waals surface area contributed by atoms with Crippen molar-refractivity contribution in [2.45, 2.75) is 62.4 Å². The zero-order valence-corrected chi connectivity index (χ0v) is 13.7. The number of hydrogen-bond donors (Lipinski definition) is 1. The summed E-state index contributed by atoms with van der Waals surface area (Å²) in [6, 6.07) is 2.87. The van der Waals surface area contributed by atoms with Gasteiger partial charge in [0.2, 0.25) is 17.3 Å². The largest absolute Gasteiger partial charge is 0.467 e. The van der Waals surface area contributed by atoms with Crippen LogP contribution in [-0.4, -0.2) is 40.7 Å². The van der Waals surface area contributed by atoms with Crippen molar-refractivity contribution in [3.05, 3.63) is 22.4 Å². The molecule has 1 saturated carbocycles. The third kappa shape index (κ3) is 3.21. The van der Waals surface area contributed by atoms with Crippen molar-refractivity contribution in [2.75, 3.05) is 0 Å². The van der Waals surface area contributed by atoms with E-state index < -0.39 is 36.0 Å². The third-order valence-electron chi connectivity index (χ3n) is 4.49. The topological polar surface area (TPSA) is 58.9 Å². The van der Waals surface area contributed by atoms with Crippen molar-refractivity contribution in [1.29, 1.82) is 0 Å². The second-order valence-corrected chi connectivity index (χ2v) is 7.18. The molecule has 1 aliphatic carbocycles. The first-order valence-corrected chi connectivity index (χ1v) is 8.81. The van der Waals surface area contributed by atoms with Crippen LogP contribution in [0.1, 0.15) is 48.2 Å². The van der Waals surface area contributed by atoms with Crippen LogP contribution in [0.25, 0.3) is 0 Å². The molecule has 2 unspecified atom stereocenters. The Morgan fingerprint density at radius 2 is 2.04 bits per heavy atom. The summed E-state index contributed by atoms with van der Waals surface area (Å²) in [5.74, 6) is -1.31. The number of Topliss-reactive ketones (excluding diaryl/α,β-unsaturated/α-hetero) is 1. The van der Waals surface area contributed by atoms with E-state index in [4.69, 9.17) is 4.74 Å². The van der Waals surface area contributed by atoms with E-state index >= 15 is 0 Å². The standard InChI is InChI=1S/C16H18F3NO3S/c17-16(18,19)15(22)9-11(13(21)12-7-4-8-24-12)23-14(15)20-10-5-2-1-3-6-10/h4,7-8,10-11,22H,1-3,5-6,9H2. The average Bonchev–Trinajstić information content (AvgIpc) is 3.17. The van der Waals surface area contributed by atoms with E-state index in [-0.39, 0.29) is 6.04 Å². The summed E-state index contributed by atoms with van der Waals surface area (Å²) in [5.41, 5.74) is -3.19. The Morgan fingerprint density at radius 1 is 1.33 bits per heavy atom. The fourth-order valence-corrected chi connectivity index (χ4v) is 3.81. The lowest BCUT2D eigenvalue weighted by Gasteiger charge is -2.25. The van der Waals surface area contributed by atoms with Gasteiger partial charge in [-0.25, -0.2) is 4.99 Å². The van der Waals surface area contributed by atoms with Crippen molar-refractivity contribution in [3.63, 3.8) is 0 Å². The Hall–Kier alpha value is -1.41. The summed E-state index contributed by atoms with van der Waals surface area (Å²) in [6.07, 6.45) is -2.99. The number of thiophene rings is 1. The van der Waals surface area contributed by atoms with E-state index in [1.54, 1.807) is 11.4 Å². The smallest absolute Gasteiger partial charge is 0.426 e. The minimum Gasteiger partial charge on any atom is -0.467 e. The molecule has 2 heterocycles. The number of rotatable bonds is 3. The first-order chi connectivity index (χ1) is 11.3. The van der Waals surface area contributed by atoms with Crippen LogP contribution in [0.3, 0.4) is 0 Å². The molecule has 1 N–H and O–H groups in total. The summed E-state index contributed by atoms with van der Waals surface area (Å²) in [7, 11) is 0. The molecular weight excluding hydrogens is 343 g/mol. The highest BCUT2D eigenvalue weighted by molar-refractivity contribution is 7.12. The third-order valence-corrected chi connectivity index (χ3v) is 5.37. The van der Waals surface area contributed by atoms with Crippen LogP contribution >= 0.6 is 11.3 Å². The molecule has 4 nitrogen and oxygen atoms in total. The summed E-state index contributed by atoms with van der Waals surface area (Å²) in [5, 5.41) is 11.9. The number of ether oxygens (including phenoxy) is 1. The number of nitrogens with zero attached hydrogens (tertiary/aromatic N) is 1. The van der Waals surface area contributed by atoms with Gasteiger partial charge in [-0.3, -0.25) is 4.79 Å². The maximum atomic E-state index is 13.4. The normalized spacial score (nSPS) is 30.5. The van der Waals surface area contributed by atoms with Crippen LogP contribution < -0.4 is 0 Å². The minimum atomic E-state index is -4.94. The van der Waals surface area contributed by atoms with Crippen LogP contribution in [0.5, 0.6) is 0 Å². The van der Waals surface area contributed by atoms with Crippen LogP contribution in [-0.2, 0) is 4.74 Å². The van der Waals surface area contributed by atoms with Gasteiger partial charge in [-0.2, -0.15) is 13.2 Å². The molecule has 1 saturated heterocycles. The number of carbonyl (C=O) groups is 1. The Bertz CT molecular complexity index is 623. The number of alkyl halides is 3. The summed E-state index contributed by atoms with van der Waals surface area (Å²) in [4.78, 5) is 16.7. The zero-order chi connectivity index (χ0) is 17.4. The molecule has 0 aromatic carbocycles. The molecule has 1 aromatic heterocycles. The molecule has 0 spiro atoms. The number of carbonyl (C=O) groups excluding carboxylic acids is 1. The second kappa shape index (κ2) is 6.48. The van der Waals surface area contributed by atoms with Gasteiger partial charge in [0.1, 0.15) is 0 Å². The molecule has 8 heteroatoms. The van der Waals surface area contributed by atoms with Crippen LogP contribution in [0.4, 0.5) is 13.2 Å². The van der Waals surface area contributed by atoms with E-state index in [9.17, 15) is 23.1 Å². The fraction of sp³-hybridized carbons (Fsp3) is 0.625. The predicted molar refractivity (Wildman–Crippen MR) is 83.5 cm³/mol. The van der Waals surface area contributed by atoms with Crippen molar-refractivity contribution >= 4 is 23.0 Å². The van der Waals surface area contributed by atoms with E-state index in [2.05, 4.69) is 4.99 Å². The molecule has 2 fully saturated rings. The number of halogens is 3. The van der Waals surface area contributed by atoms with Gasteiger partial charge in [0, 0.05) is 6.42 Å². The molecule has 2 aliphatic rings. The summed E-state index contributed by atoms with van der Waals surface area (Å²) < 4.78 is 45.5. The Kier molecular flexibility index (Phi) is 4.70. The van der Waals surface area contributed by atoms with E-state index in [1.807, 2.05) is 0 Å². The predicted octanol–water partition coefficient (Wildman–Crippen LogP) is 3.74. The number of ketones is 1. The van der Waals surface area contributed by atoms with Gasteiger partial charge in [-0.1, -0.05) is 25.3 Å². The minimum absolute atomic E-state index is 0.293. The lowest BCUT2D eigenvalue weighted by molar-refractivity contribution is -0.229. The quantitative estimate of drug-likeness (QED) is 0.835. The molecule has 0 bridgehead atoms. The molecule has 0 radical (unpaired) electrons. The van der Waals surface area contributed by atoms with Gasteiger partial charge >= 0.3 is 6.18 Å². The van der Waals surface area contributed by atoms with Gasteiger partial charge in [-0.15, -0.1) is 11.3 Å².